The second-order valence-electron chi connectivity index (χ2n) is 6.41. The Morgan fingerprint density at radius 1 is 1.12 bits per heavy atom. The number of aromatic nitrogens is 1. The molecular formula is C21H25N3O. The fourth-order valence-electron chi connectivity index (χ4n) is 3.08. The van der Waals surface area contributed by atoms with Crippen LogP contribution in [-0.2, 0) is 0 Å². The third-order valence-electron chi connectivity index (χ3n) is 4.63. The van der Waals surface area contributed by atoms with E-state index < -0.39 is 0 Å². The first-order chi connectivity index (χ1) is 12.2. The van der Waals surface area contributed by atoms with Crippen molar-refractivity contribution in [2.45, 2.75) is 32.1 Å². The molecule has 0 radical (unpaired) electrons. The highest BCUT2D eigenvalue weighted by molar-refractivity contribution is 5.92. The molecule has 130 valence electrons. The number of pyridine rings is 1. The van der Waals surface area contributed by atoms with Gasteiger partial charge in [-0.25, -0.2) is 4.98 Å². The van der Waals surface area contributed by atoms with Gasteiger partial charge in [0.1, 0.15) is 5.69 Å². The average molecular weight is 335 g/mol. The van der Waals surface area contributed by atoms with E-state index in [0.717, 1.165) is 17.8 Å². The van der Waals surface area contributed by atoms with E-state index in [-0.39, 0.29) is 5.91 Å². The molecule has 1 N–H and O–H groups in total. The molecule has 1 aromatic carbocycles. The highest BCUT2D eigenvalue weighted by atomic mass is 16.1. The number of carbonyl (C=O) groups is 1. The topological polar surface area (TPSA) is 45.2 Å². The van der Waals surface area contributed by atoms with Gasteiger partial charge in [0, 0.05) is 19.3 Å². The Kier molecular flexibility index (Phi) is 5.83. The third-order valence-corrected chi connectivity index (χ3v) is 4.63. The summed E-state index contributed by atoms with van der Waals surface area (Å²) in [6.07, 6.45) is 9.94. The van der Waals surface area contributed by atoms with E-state index in [1.807, 2.05) is 48.3 Å². The number of para-hydroxylation sites is 1. The maximum atomic E-state index is 12.2. The summed E-state index contributed by atoms with van der Waals surface area (Å²) in [7, 11) is 1.99. The SMILES string of the molecule is CN(c1ccccc1)c1ccc(C(=O)NCCC2=CCCCC2)nc1. The molecule has 1 aliphatic carbocycles. The molecule has 4 nitrogen and oxygen atoms in total. The fraction of sp³-hybridized carbons (Fsp3) is 0.333. The van der Waals surface area contributed by atoms with E-state index in [2.05, 4.69) is 16.4 Å². The molecule has 25 heavy (non-hydrogen) atoms. The van der Waals surface area contributed by atoms with Crippen molar-refractivity contribution in [3.8, 4) is 0 Å². The normalized spacial score (nSPS) is 13.9. The van der Waals surface area contributed by atoms with Crippen molar-refractivity contribution in [3.63, 3.8) is 0 Å². The smallest absolute Gasteiger partial charge is 0.269 e. The summed E-state index contributed by atoms with van der Waals surface area (Å²) >= 11 is 0. The van der Waals surface area contributed by atoms with Crippen LogP contribution in [0.25, 0.3) is 0 Å². The molecule has 1 heterocycles. The number of anilines is 2. The number of rotatable bonds is 6. The Morgan fingerprint density at radius 3 is 2.64 bits per heavy atom. The largest absolute Gasteiger partial charge is 0.350 e. The van der Waals surface area contributed by atoms with Crippen molar-refractivity contribution < 1.29 is 4.79 Å². The van der Waals surface area contributed by atoms with E-state index in [1.54, 1.807) is 12.3 Å². The summed E-state index contributed by atoms with van der Waals surface area (Å²) in [5.41, 5.74) is 3.97. The van der Waals surface area contributed by atoms with Gasteiger partial charge in [0.05, 0.1) is 11.9 Å². The lowest BCUT2D eigenvalue weighted by Crippen LogP contribution is -2.25. The van der Waals surface area contributed by atoms with Crippen LogP contribution in [0.15, 0.2) is 60.3 Å². The number of nitrogens with zero attached hydrogens (tertiary/aromatic N) is 2. The Bertz CT molecular complexity index is 723. The summed E-state index contributed by atoms with van der Waals surface area (Å²) in [4.78, 5) is 18.6. The fourth-order valence-corrected chi connectivity index (χ4v) is 3.08. The highest BCUT2D eigenvalue weighted by Crippen LogP contribution is 2.22. The molecule has 0 atom stereocenters. The average Bonchev–Trinajstić information content (AvgIpc) is 2.69. The molecule has 0 unspecified atom stereocenters. The van der Waals surface area contributed by atoms with Crippen molar-refractivity contribution in [2.75, 3.05) is 18.5 Å². The molecule has 4 heteroatoms. The van der Waals surface area contributed by atoms with Crippen LogP contribution in [-0.4, -0.2) is 24.5 Å². The molecule has 0 saturated carbocycles. The van der Waals surface area contributed by atoms with Crippen molar-refractivity contribution in [1.29, 1.82) is 0 Å². The lowest BCUT2D eigenvalue weighted by Gasteiger charge is -2.19. The van der Waals surface area contributed by atoms with Crippen LogP contribution in [0.1, 0.15) is 42.6 Å². The predicted octanol–water partition coefficient (Wildman–Crippen LogP) is 4.47. The first kappa shape index (κ1) is 17.2. The predicted molar refractivity (Wildman–Crippen MR) is 102 cm³/mol. The van der Waals surface area contributed by atoms with Gasteiger partial charge >= 0.3 is 0 Å². The second-order valence-corrected chi connectivity index (χ2v) is 6.41. The summed E-state index contributed by atoms with van der Waals surface area (Å²) in [6, 6.07) is 13.8. The van der Waals surface area contributed by atoms with Crippen LogP contribution in [0.2, 0.25) is 0 Å². The zero-order valence-corrected chi connectivity index (χ0v) is 14.7. The van der Waals surface area contributed by atoms with Crippen molar-refractivity contribution >= 4 is 17.3 Å². The van der Waals surface area contributed by atoms with Gasteiger partial charge in [0.2, 0.25) is 0 Å². The molecule has 1 amide bonds. The van der Waals surface area contributed by atoms with Gasteiger partial charge in [0.25, 0.3) is 5.91 Å². The number of allylic oxidation sites excluding steroid dienone is 1. The number of carbonyl (C=O) groups excluding carboxylic acids is 1. The molecule has 2 aromatic rings. The molecule has 0 fully saturated rings. The minimum atomic E-state index is -0.106. The van der Waals surface area contributed by atoms with Crippen LogP contribution in [0.5, 0.6) is 0 Å². The van der Waals surface area contributed by atoms with Gasteiger partial charge < -0.3 is 10.2 Å². The van der Waals surface area contributed by atoms with E-state index in [1.165, 1.54) is 31.3 Å². The lowest BCUT2D eigenvalue weighted by molar-refractivity contribution is 0.0949. The summed E-state index contributed by atoms with van der Waals surface area (Å²) < 4.78 is 0. The zero-order valence-electron chi connectivity index (χ0n) is 14.7. The minimum Gasteiger partial charge on any atom is -0.350 e. The van der Waals surface area contributed by atoms with Gasteiger partial charge in [0.15, 0.2) is 0 Å². The molecule has 1 aliphatic rings. The van der Waals surface area contributed by atoms with Crippen LogP contribution in [0.3, 0.4) is 0 Å². The highest BCUT2D eigenvalue weighted by Gasteiger charge is 2.10. The molecule has 0 bridgehead atoms. The van der Waals surface area contributed by atoms with E-state index in [9.17, 15) is 4.79 Å². The minimum absolute atomic E-state index is 0.106. The first-order valence-electron chi connectivity index (χ1n) is 8.95. The van der Waals surface area contributed by atoms with Crippen LogP contribution in [0, 0.1) is 0 Å². The zero-order chi connectivity index (χ0) is 17.5. The Balaban J connectivity index is 1.54. The lowest BCUT2D eigenvalue weighted by atomic mass is 9.97. The molecule has 1 aromatic heterocycles. The summed E-state index contributed by atoms with van der Waals surface area (Å²) in [5.74, 6) is -0.106. The maximum Gasteiger partial charge on any atom is 0.269 e. The number of hydrogen-bond donors (Lipinski definition) is 1. The maximum absolute atomic E-state index is 12.2. The van der Waals surface area contributed by atoms with Crippen molar-refractivity contribution in [3.05, 3.63) is 66.0 Å². The quantitative estimate of drug-likeness (QED) is 0.792. The Morgan fingerprint density at radius 2 is 1.96 bits per heavy atom. The number of benzene rings is 1. The van der Waals surface area contributed by atoms with Gasteiger partial charge in [-0.15, -0.1) is 0 Å². The Labute approximate surface area is 149 Å². The van der Waals surface area contributed by atoms with Crippen LogP contribution < -0.4 is 10.2 Å². The number of hydrogen-bond acceptors (Lipinski definition) is 3. The molecule has 0 spiro atoms. The van der Waals surface area contributed by atoms with Gasteiger partial charge in [-0.3, -0.25) is 4.79 Å². The van der Waals surface area contributed by atoms with E-state index >= 15 is 0 Å². The van der Waals surface area contributed by atoms with E-state index in [0.29, 0.717) is 12.2 Å². The van der Waals surface area contributed by atoms with Crippen LogP contribution >= 0.6 is 0 Å². The monoisotopic (exact) mass is 335 g/mol. The molecular weight excluding hydrogens is 310 g/mol. The van der Waals surface area contributed by atoms with Gasteiger partial charge in [-0.2, -0.15) is 0 Å². The van der Waals surface area contributed by atoms with E-state index in [4.69, 9.17) is 0 Å². The third kappa shape index (κ3) is 4.69. The summed E-state index contributed by atoms with van der Waals surface area (Å²) in [5, 5.41) is 2.97. The molecule has 0 saturated heterocycles. The molecule has 3 rings (SSSR count). The summed E-state index contributed by atoms with van der Waals surface area (Å²) in [6.45, 7) is 0.679. The van der Waals surface area contributed by atoms with Crippen molar-refractivity contribution in [2.24, 2.45) is 0 Å². The van der Waals surface area contributed by atoms with Crippen LogP contribution in [0.4, 0.5) is 11.4 Å². The number of amides is 1. The number of nitrogens with one attached hydrogen (secondary N) is 1. The Hall–Kier alpha value is -2.62. The first-order valence-corrected chi connectivity index (χ1v) is 8.95. The van der Waals surface area contributed by atoms with Crippen molar-refractivity contribution in [1.82, 2.24) is 10.3 Å². The molecule has 0 aliphatic heterocycles. The van der Waals surface area contributed by atoms with Gasteiger partial charge in [-0.1, -0.05) is 29.8 Å². The van der Waals surface area contributed by atoms with Gasteiger partial charge in [-0.05, 0) is 56.4 Å². The standard InChI is InChI=1S/C21H25N3O/c1-24(18-10-6-3-7-11-18)19-12-13-20(23-16-19)21(25)22-15-14-17-8-4-2-5-9-17/h3,6-8,10-13,16H,2,4-5,9,14-15H2,1H3,(H,22,25). The second kappa shape index (κ2) is 8.47.